The number of aromatic nitrogens is 1. The maximum absolute atomic E-state index is 15.1. The van der Waals surface area contributed by atoms with Crippen LogP contribution in [0.2, 0.25) is 0 Å². The second kappa shape index (κ2) is 10.9. The molecule has 0 spiro atoms. The summed E-state index contributed by atoms with van der Waals surface area (Å²) in [6, 6.07) is 8.92. The molecule has 0 bridgehead atoms. The van der Waals surface area contributed by atoms with Crippen molar-refractivity contribution in [3.63, 3.8) is 0 Å². The molecule has 1 unspecified atom stereocenters. The van der Waals surface area contributed by atoms with E-state index in [0.717, 1.165) is 16.5 Å². The Kier molecular flexibility index (Phi) is 8.06. The van der Waals surface area contributed by atoms with Gasteiger partial charge in [-0.25, -0.2) is 17.1 Å². The summed E-state index contributed by atoms with van der Waals surface area (Å²) >= 11 is 0. The van der Waals surface area contributed by atoms with Gasteiger partial charge in [-0.1, -0.05) is 19.9 Å². The molecule has 4 N–H and O–H groups in total. The zero-order chi connectivity index (χ0) is 26.9. The molecular weight excluding hydrogens is 491 g/mol. The van der Waals surface area contributed by atoms with E-state index in [1.807, 2.05) is 18.3 Å². The van der Waals surface area contributed by atoms with Crippen LogP contribution >= 0.6 is 0 Å². The highest BCUT2D eigenvalue weighted by Gasteiger charge is 2.29. The Balaban J connectivity index is 1.70. The number of amides is 1. The SMILES string of the molecule is CCS(=O)(=O)N1CCC(c2c[nH]c3c(C(N)=O)cc(-c4cc(CNC(C)C(C)C)ccc4F)cc23)CC1. The lowest BCUT2D eigenvalue weighted by Gasteiger charge is -2.31. The number of hydrogen-bond donors (Lipinski definition) is 3. The number of halogens is 1. The average molecular weight is 529 g/mol. The van der Waals surface area contributed by atoms with Crippen LogP contribution in [0.4, 0.5) is 4.39 Å². The molecule has 200 valence electrons. The van der Waals surface area contributed by atoms with E-state index in [0.29, 0.717) is 66.6 Å². The standard InChI is InChI=1S/C28H37FN4O3S/c1-5-37(35,36)33-10-8-20(9-11-33)25-16-32-27-23(25)13-21(14-24(27)28(30)34)22-12-19(6-7-26(22)29)15-31-18(4)17(2)3/h6-7,12-14,16-18,20,31-32H,5,8-11,15H2,1-4H3,(H2,30,34). The molecule has 1 saturated heterocycles. The molecule has 1 aliphatic rings. The minimum Gasteiger partial charge on any atom is -0.366 e. The Hall–Kier alpha value is -2.75. The summed E-state index contributed by atoms with van der Waals surface area (Å²) in [5.74, 6) is -0.280. The fourth-order valence-electron chi connectivity index (χ4n) is 4.99. The maximum atomic E-state index is 15.1. The van der Waals surface area contributed by atoms with Gasteiger partial charge in [0.2, 0.25) is 10.0 Å². The van der Waals surface area contributed by atoms with Crippen LogP contribution in [0.5, 0.6) is 0 Å². The van der Waals surface area contributed by atoms with Crippen LogP contribution < -0.4 is 11.1 Å². The van der Waals surface area contributed by atoms with Crippen LogP contribution in [0, 0.1) is 11.7 Å². The zero-order valence-corrected chi connectivity index (χ0v) is 22.8. The first-order chi connectivity index (χ1) is 17.5. The number of H-pyrrole nitrogens is 1. The molecule has 2 heterocycles. The van der Waals surface area contributed by atoms with Crippen molar-refractivity contribution in [1.29, 1.82) is 0 Å². The van der Waals surface area contributed by atoms with Gasteiger partial charge in [0.15, 0.2) is 0 Å². The van der Waals surface area contributed by atoms with Crippen molar-refractivity contribution in [2.45, 2.75) is 59.0 Å². The van der Waals surface area contributed by atoms with E-state index in [-0.39, 0.29) is 17.5 Å². The Labute approximate surface area is 218 Å². The van der Waals surface area contributed by atoms with Gasteiger partial charge in [0.05, 0.1) is 16.8 Å². The number of hydrogen-bond acceptors (Lipinski definition) is 4. The highest BCUT2D eigenvalue weighted by molar-refractivity contribution is 7.89. The molecule has 0 aliphatic carbocycles. The number of nitrogens with one attached hydrogen (secondary N) is 2. The maximum Gasteiger partial charge on any atom is 0.250 e. The molecule has 0 saturated carbocycles. The lowest BCUT2D eigenvalue weighted by Crippen LogP contribution is -2.38. The van der Waals surface area contributed by atoms with Gasteiger partial charge in [0.1, 0.15) is 5.82 Å². The van der Waals surface area contributed by atoms with E-state index in [9.17, 15) is 13.2 Å². The monoisotopic (exact) mass is 528 g/mol. The Morgan fingerprint density at radius 3 is 2.51 bits per heavy atom. The van der Waals surface area contributed by atoms with Crippen LogP contribution in [0.3, 0.4) is 0 Å². The van der Waals surface area contributed by atoms with Crippen LogP contribution in [-0.4, -0.2) is 48.5 Å². The third-order valence-electron chi connectivity index (χ3n) is 7.71. The molecule has 3 aromatic rings. The molecule has 2 aromatic carbocycles. The fourth-order valence-corrected chi connectivity index (χ4v) is 6.12. The van der Waals surface area contributed by atoms with Gasteiger partial charge >= 0.3 is 0 Å². The summed E-state index contributed by atoms with van der Waals surface area (Å²) < 4.78 is 41.2. The summed E-state index contributed by atoms with van der Waals surface area (Å²) in [6.45, 7) is 9.58. The molecule has 1 fully saturated rings. The van der Waals surface area contributed by atoms with Crippen molar-refractivity contribution in [1.82, 2.24) is 14.6 Å². The molecule has 9 heteroatoms. The van der Waals surface area contributed by atoms with Crippen LogP contribution in [0.15, 0.2) is 36.5 Å². The Morgan fingerprint density at radius 2 is 1.89 bits per heavy atom. The van der Waals surface area contributed by atoms with Gasteiger partial charge in [-0.15, -0.1) is 0 Å². The van der Waals surface area contributed by atoms with Gasteiger partial charge in [-0.2, -0.15) is 0 Å². The van der Waals surface area contributed by atoms with Gasteiger partial charge in [-0.3, -0.25) is 4.79 Å². The molecular formula is C28H37FN4O3S. The van der Waals surface area contributed by atoms with E-state index in [4.69, 9.17) is 5.73 Å². The number of benzene rings is 2. The second-order valence-electron chi connectivity index (χ2n) is 10.4. The molecule has 7 nitrogen and oxygen atoms in total. The third kappa shape index (κ3) is 5.73. The predicted molar refractivity (Wildman–Crippen MR) is 146 cm³/mol. The minimum atomic E-state index is -3.22. The van der Waals surface area contributed by atoms with E-state index in [1.54, 1.807) is 23.4 Å². The number of nitrogens with two attached hydrogens (primary N) is 1. The second-order valence-corrected chi connectivity index (χ2v) is 12.6. The van der Waals surface area contributed by atoms with Crippen LogP contribution in [0.1, 0.15) is 67.9 Å². The summed E-state index contributed by atoms with van der Waals surface area (Å²) in [5.41, 5.74) is 9.61. The van der Waals surface area contributed by atoms with E-state index < -0.39 is 15.9 Å². The van der Waals surface area contributed by atoms with Crippen molar-refractivity contribution >= 4 is 26.8 Å². The molecule has 1 atom stereocenters. The third-order valence-corrected chi connectivity index (χ3v) is 9.59. The number of sulfonamides is 1. The number of fused-ring (bicyclic) bond motifs is 1. The van der Waals surface area contributed by atoms with Crippen molar-refractivity contribution in [3.8, 4) is 11.1 Å². The lowest BCUT2D eigenvalue weighted by molar-refractivity contribution is 0.100. The van der Waals surface area contributed by atoms with Gasteiger partial charge in [0, 0.05) is 42.8 Å². The Morgan fingerprint density at radius 1 is 1.19 bits per heavy atom. The van der Waals surface area contributed by atoms with E-state index in [1.165, 1.54) is 6.07 Å². The smallest absolute Gasteiger partial charge is 0.250 e. The fraction of sp³-hybridized carbons (Fsp3) is 0.464. The van der Waals surface area contributed by atoms with Gasteiger partial charge < -0.3 is 16.0 Å². The molecule has 1 amide bonds. The highest BCUT2D eigenvalue weighted by atomic mass is 32.2. The Bertz CT molecular complexity index is 1390. The number of nitrogens with zero attached hydrogens (tertiary/aromatic N) is 1. The van der Waals surface area contributed by atoms with Crippen LogP contribution in [-0.2, 0) is 16.6 Å². The molecule has 4 rings (SSSR count). The van der Waals surface area contributed by atoms with Crippen LogP contribution in [0.25, 0.3) is 22.0 Å². The lowest BCUT2D eigenvalue weighted by atomic mass is 9.88. The number of rotatable bonds is 9. The first-order valence-electron chi connectivity index (χ1n) is 13.0. The van der Waals surface area contributed by atoms with Crippen molar-refractivity contribution < 1.29 is 17.6 Å². The van der Waals surface area contributed by atoms with Crippen molar-refractivity contribution in [3.05, 3.63) is 59.0 Å². The number of primary amides is 1. The van der Waals surface area contributed by atoms with Crippen molar-refractivity contribution in [2.24, 2.45) is 11.7 Å². The quantitative estimate of drug-likeness (QED) is 0.373. The number of piperidine rings is 1. The number of aromatic amines is 1. The normalized spacial score (nSPS) is 16.5. The zero-order valence-electron chi connectivity index (χ0n) is 22.0. The molecule has 1 aromatic heterocycles. The molecule has 1 aliphatic heterocycles. The minimum absolute atomic E-state index is 0.0899. The van der Waals surface area contributed by atoms with Gasteiger partial charge in [0.25, 0.3) is 5.91 Å². The number of carbonyl (C=O) groups excluding carboxylic acids is 1. The molecule has 37 heavy (non-hydrogen) atoms. The van der Waals surface area contributed by atoms with Crippen molar-refractivity contribution in [2.75, 3.05) is 18.8 Å². The topological polar surface area (TPSA) is 108 Å². The largest absolute Gasteiger partial charge is 0.366 e. The predicted octanol–water partition coefficient (Wildman–Crippen LogP) is 4.74. The first-order valence-corrected chi connectivity index (χ1v) is 14.6. The van der Waals surface area contributed by atoms with Gasteiger partial charge in [-0.05, 0) is 79.5 Å². The van der Waals surface area contributed by atoms with E-state index >= 15 is 4.39 Å². The first kappa shape index (κ1) is 27.3. The summed E-state index contributed by atoms with van der Waals surface area (Å²) in [7, 11) is -3.22. The average Bonchev–Trinajstić information content (AvgIpc) is 3.31. The molecule has 0 radical (unpaired) electrons. The summed E-state index contributed by atoms with van der Waals surface area (Å²) in [5, 5.41) is 4.29. The summed E-state index contributed by atoms with van der Waals surface area (Å²) in [6.07, 6.45) is 3.22. The summed E-state index contributed by atoms with van der Waals surface area (Å²) in [4.78, 5) is 15.6. The highest BCUT2D eigenvalue weighted by Crippen LogP contribution is 2.37. The number of carbonyl (C=O) groups is 1. The van der Waals surface area contributed by atoms with E-state index in [2.05, 4.69) is 31.1 Å².